The molecule has 0 aliphatic heterocycles. The number of nitrogens with zero attached hydrogens (tertiary/aromatic N) is 2. The Morgan fingerprint density at radius 3 is 2.94 bits per heavy atom. The summed E-state index contributed by atoms with van der Waals surface area (Å²) < 4.78 is 0. The molecular weight excluding hydrogens is 224 g/mol. The fraction of sp³-hybridized carbons (Fsp3) is 0.273. The summed E-state index contributed by atoms with van der Waals surface area (Å²) >= 11 is 5.94. The van der Waals surface area contributed by atoms with Gasteiger partial charge in [0.2, 0.25) is 0 Å². The van der Waals surface area contributed by atoms with Gasteiger partial charge in [-0.2, -0.15) is 5.10 Å². The molecule has 1 aromatic carbocycles. The Hall–Kier alpha value is -1.55. The zero-order valence-corrected chi connectivity index (χ0v) is 9.75. The summed E-state index contributed by atoms with van der Waals surface area (Å²) in [6.07, 6.45) is 1.94. The number of H-pyrrole nitrogens is 1. The Morgan fingerprint density at radius 2 is 2.25 bits per heavy atom. The summed E-state index contributed by atoms with van der Waals surface area (Å²) in [6.45, 7) is 2.10. The third kappa shape index (κ3) is 2.17. The summed E-state index contributed by atoms with van der Waals surface area (Å²) in [5, 5.41) is 7.57. The van der Waals surface area contributed by atoms with Crippen molar-refractivity contribution in [1.29, 1.82) is 0 Å². The van der Waals surface area contributed by atoms with Crippen LogP contribution in [0.3, 0.4) is 0 Å². The van der Waals surface area contributed by atoms with E-state index in [1.54, 1.807) is 12.1 Å². The lowest BCUT2D eigenvalue weighted by atomic mass is 10.2. The van der Waals surface area contributed by atoms with Gasteiger partial charge < -0.3 is 5.73 Å². The van der Waals surface area contributed by atoms with E-state index >= 15 is 0 Å². The Labute approximate surface area is 98.8 Å². The van der Waals surface area contributed by atoms with Gasteiger partial charge in [-0.05, 0) is 24.6 Å². The molecule has 1 aromatic heterocycles. The molecule has 0 spiro atoms. The minimum atomic E-state index is 0.527. The standard InChI is InChI=1S/C11H13ClN4/c1-2-3-10-14-11(16-15-10)7-4-5-9(13)8(12)6-7/h4-6H,2-3,13H2,1H3,(H,14,15,16). The number of hydrogen-bond acceptors (Lipinski definition) is 3. The van der Waals surface area contributed by atoms with Crippen LogP contribution in [0.2, 0.25) is 5.02 Å². The first-order valence-electron chi connectivity index (χ1n) is 5.17. The van der Waals surface area contributed by atoms with E-state index in [9.17, 15) is 0 Å². The van der Waals surface area contributed by atoms with Gasteiger partial charge in [0.25, 0.3) is 0 Å². The van der Waals surface area contributed by atoms with Gasteiger partial charge in [-0.25, -0.2) is 4.98 Å². The maximum Gasteiger partial charge on any atom is 0.181 e. The van der Waals surface area contributed by atoms with Crippen molar-refractivity contribution < 1.29 is 0 Å². The van der Waals surface area contributed by atoms with Crippen molar-refractivity contribution in [1.82, 2.24) is 15.2 Å². The van der Waals surface area contributed by atoms with E-state index in [1.165, 1.54) is 0 Å². The minimum Gasteiger partial charge on any atom is -0.398 e. The summed E-state index contributed by atoms with van der Waals surface area (Å²) in [6, 6.07) is 5.39. The van der Waals surface area contributed by atoms with Gasteiger partial charge in [-0.1, -0.05) is 18.5 Å². The Kier molecular flexibility index (Phi) is 3.10. The SMILES string of the molecule is CCCc1nc(-c2ccc(N)c(Cl)c2)n[nH]1. The zero-order valence-electron chi connectivity index (χ0n) is 9.00. The van der Waals surface area contributed by atoms with Gasteiger partial charge in [0, 0.05) is 12.0 Å². The van der Waals surface area contributed by atoms with Crippen LogP contribution in [0.15, 0.2) is 18.2 Å². The third-order valence-corrected chi connectivity index (χ3v) is 2.60. The van der Waals surface area contributed by atoms with E-state index in [-0.39, 0.29) is 0 Å². The highest BCUT2D eigenvalue weighted by Gasteiger charge is 2.06. The molecule has 0 aliphatic carbocycles. The smallest absolute Gasteiger partial charge is 0.181 e. The van der Waals surface area contributed by atoms with Gasteiger partial charge in [0.05, 0.1) is 10.7 Å². The molecule has 1 heterocycles. The zero-order chi connectivity index (χ0) is 11.5. The molecule has 0 fully saturated rings. The molecule has 0 amide bonds. The average Bonchev–Trinajstić information content (AvgIpc) is 2.71. The molecule has 0 radical (unpaired) electrons. The second-order valence-corrected chi connectivity index (χ2v) is 4.00. The highest BCUT2D eigenvalue weighted by Crippen LogP contribution is 2.24. The molecule has 0 atom stereocenters. The van der Waals surface area contributed by atoms with Crippen molar-refractivity contribution in [3.63, 3.8) is 0 Å². The predicted molar refractivity (Wildman–Crippen MR) is 65.2 cm³/mol. The van der Waals surface area contributed by atoms with Crippen molar-refractivity contribution in [2.45, 2.75) is 19.8 Å². The van der Waals surface area contributed by atoms with Crippen LogP contribution >= 0.6 is 11.6 Å². The monoisotopic (exact) mass is 236 g/mol. The molecular formula is C11H13ClN4. The van der Waals surface area contributed by atoms with Crippen molar-refractivity contribution >= 4 is 17.3 Å². The van der Waals surface area contributed by atoms with E-state index in [0.29, 0.717) is 16.5 Å². The van der Waals surface area contributed by atoms with E-state index in [4.69, 9.17) is 17.3 Å². The van der Waals surface area contributed by atoms with Crippen molar-refractivity contribution in [3.8, 4) is 11.4 Å². The number of aromatic nitrogens is 3. The number of hydrogen-bond donors (Lipinski definition) is 2. The number of halogens is 1. The van der Waals surface area contributed by atoms with Crippen molar-refractivity contribution in [2.24, 2.45) is 0 Å². The van der Waals surface area contributed by atoms with Gasteiger partial charge >= 0.3 is 0 Å². The molecule has 2 aromatic rings. The Balaban J connectivity index is 2.31. The van der Waals surface area contributed by atoms with Crippen LogP contribution in [0, 0.1) is 0 Å². The second-order valence-electron chi connectivity index (χ2n) is 3.59. The van der Waals surface area contributed by atoms with Gasteiger partial charge in [-0.3, -0.25) is 5.10 Å². The summed E-state index contributed by atoms with van der Waals surface area (Å²) in [5.41, 5.74) is 7.08. The lowest BCUT2D eigenvalue weighted by molar-refractivity contribution is 0.841. The third-order valence-electron chi connectivity index (χ3n) is 2.28. The van der Waals surface area contributed by atoms with E-state index in [2.05, 4.69) is 22.1 Å². The minimum absolute atomic E-state index is 0.527. The normalized spacial score (nSPS) is 10.6. The molecule has 84 valence electrons. The van der Waals surface area contributed by atoms with Crippen LogP contribution in [0.5, 0.6) is 0 Å². The maximum atomic E-state index is 5.94. The Morgan fingerprint density at radius 1 is 1.44 bits per heavy atom. The van der Waals surface area contributed by atoms with Crippen molar-refractivity contribution in [2.75, 3.05) is 5.73 Å². The summed E-state index contributed by atoms with van der Waals surface area (Å²) in [4.78, 5) is 4.37. The summed E-state index contributed by atoms with van der Waals surface area (Å²) in [7, 11) is 0. The number of rotatable bonds is 3. The number of nitrogen functional groups attached to an aromatic ring is 1. The van der Waals surface area contributed by atoms with Crippen LogP contribution in [-0.4, -0.2) is 15.2 Å². The molecule has 4 nitrogen and oxygen atoms in total. The average molecular weight is 237 g/mol. The first-order valence-corrected chi connectivity index (χ1v) is 5.55. The molecule has 0 saturated carbocycles. The first-order chi connectivity index (χ1) is 7.70. The fourth-order valence-corrected chi connectivity index (χ4v) is 1.62. The van der Waals surface area contributed by atoms with E-state index in [1.807, 2.05) is 6.07 Å². The van der Waals surface area contributed by atoms with E-state index < -0.39 is 0 Å². The lowest BCUT2D eigenvalue weighted by Gasteiger charge is -1.99. The quantitative estimate of drug-likeness (QED) is 0.805. The van der Waals surface area contributed by atoms with Crippen LogP contribution < -0.4 is 5.73 Å². The molecule has 0 unspecified atom stereocenters. The van der Waals surface area contributed by atoms with Crippen molar-refractivity contribution in [3.05, 3.63) is 29.0 Å². The Bertz CT molecular complexity index is 492. The van der Waals surface area contributed by atoms with Crippen LogP contribution in [0.25, 0.3) is 11.4 Å². The van der Waals surface area contributed by atoms with Crippen LogP contribution in [0.4, 0.5) is 5.69 Å². The van der Waals surface area contributed by atoms with Gasteiger partial charge in [0.15, 0.2) is 5.82 Å². The molecule has 2 rings (SSSR count). The summed E-state index contributed by atoms with van der Waals surface area (Å²) in [5.74, 6) is 1.55. The number of anilines is 1. The molecule has 16 heavy (non-hydrogen) atoms. The first kappa shape index (κ1) is 11.0. The number of aromatic amines is 1. The molecule has 0 aliphatic rings. The highest BCUT2D eigenvalue weighted by molar-refractivity contribution is 6.33. The molecule has 3 N–H and O–H groups in total. The topological polar surface area (TPSA) is 67.6 Å². The molecule has 0 bridgehead atoms. The second kappa shape index (κ2) is 4.53. The molecule has 5 heteroatoms. The fourth-order valence-electron chi connectivity index (χ4n) is 1.44. The number of nitrogens with one attached hydrogen (secondary N) is 1. The maximum absolute atomic E-state index is 5.94. The lowest BCUT2D eigenvalue weighted by Crippen LogP contribution is -1.88. The van der Waals surface area contributed by atoms with Gasteiger partial charge in [-0.15, -0.1) is 0 Å². The van der Waals surface area contributed by atoms with Gasteiger partial charge in [0.1, 0.15) is 5.82 Å². The predicted octanol–water partition coefficient (Wildman–Crippen LogP) is 2.66. The highest BCUT2D eigenvalue weighted by atomic mass is 35.5. The molecule has 0 saturated heterocycles. The van der Waals surface area contributed by atoms with Crippen LogP contribution in [-0.2, 0) is 6.42 Å². The largest absolute Gasteiger partial charge is 0.398 e. The number of aryl methyl sites for hydroxylation is 1. The van der Waals surface area contributed by atoms with Crippen LogP contribution in [0.1, 0.15) is 19.2 Å². The number of benzene rings is 1. The number of nitrogens with two attached hydrogens (primary N) is 1. The van der Waals surface area contributed by atoms with E-state index in [0.717, 1.165) is 24.2 Å².